The van der Waals surface area contributed by atoms with Crippen molar-refractivity contribution in [1.82, 2.24) is 0 Å². The lowest BCUT2D eigenvalue weighted by Gasteiger charge is -1.92. The summed E-state index contributed by atoms with van der Waals surface area (Å²) in [5, 5.41) is 0. The first-order valence-electron chi connectivity index (χ1n) is 3.17. The third kappa shape index (κ3) is 13.8. The summed E-state index contributed by atoms with van der Waals surface area (Å²) in [5.41, 5.74) is 0. The second-order valence-corrected chi connectivity index (χ2v) is 4.76. The lowest BCUT2D eigenvalue weighted by molar-refractivity contribution is -0.105. The molecule has 0 aromatic heterocycles. The minimum absolute atomic E-state index is 1.17. The van der Waals surface area contributed by atoms with Gasteiger partial charge in [-0.2, -0.15) is 16.8 Å². The molecule has 0 saturated carbocycles. The molecule has 0 unspecified atom stereocenters. The predicted molar refractivity (Wildman–Crippen MR) is 50.8 cm³/mol. The van der Waals surface area contributed by atoms with Gasteiger partial charge in [-0.15, -0.1) is 0 Å². The molecule has 9 nitrogen and oxygen atoms in total. The van der Waals surface area contributed by atoms with Gasteiger partial charge in [0.25, 0.3) is 0 Å². The van der Waals surface area contributed by atoms with Gasteiger partial charge in [0.2, 0.25) is 0 Å². The second kappa shape index (κ2) is 6.37. The minimum Gasteiger partial charge on any atom is -0.262 e. The fraction of sp³-hybridized carbons (Fsp3) is 0.667. The van der Waals surface area contributed by atoms with E-state index < -0.39 is 20.8 Å². The van der Waals surface area contributed by atoms with E-state index in [0.717, 1.165) is 0 Å². The maximum Gasteiger partial charge on any atom is 0.425 e. The molecule has 2 N–H and O–H groups in total. The van der Waals surface area contributed by atoms with E-state index in [1.165, 1.54) is 12.2 Å². The molecule has 0 saturated heterocycles. The maximum absolute atomic E-state index is 9.51. The van der Waals surface area contributed by atoms with E-state index in [2.05, 4.69) is 13.1 Å². The molecule has 0 aromatic carbocycles. The highest BCUT2D eigenvalue weighted by Gasteiger charge is 2.13. The van der Waals surface area contributed by atoms with Crippen LogP contribution in [0.4, 0.5) is 0 Å². The Labute approximate surface area is 90.5 Å². The zero-order valence-electron chi connectivity index (χ0n) is 7.01. The van der Waals surface area contributed by atoms with Crippen LogP contribution in [-0.2, 0) is 29.5 Å². The van der Waals surface area contributed by atoms with Crippen molar-refractivity contribution in [3.05, 3.63) is 0 Å². The largest absolute Gasteiger partial charge is 0.425 e. The van der Waals surface area contributed by atoms with Crippen LogP contribution in [0.3, 0.4) is 0 Å². The van der Waals surface area contributed by atoms with E-state index in [4.69, 9.17) is 9.11 Å². The van der Waals surface area contributed by atoms with Gasteiger partial charge < -0.3 is 0 Å². The molecule has 0 amide bonds. The number of nitrogens with zero attached hydrogens (tertiary/aromatic N) is 1. The molecule has 12 heteroatoms. The predicted octanol–water partition coefficient (Wildman–Crippen LogP) is -0.351. The molecular weight excluding hydrogens is 274 g/mol. The normalized spacial score (nSPS) is 15.9. The Balaban J connectivity index is 0.000000322. The van der Waals surface area contributed by atoms with Gasteiger partial charge in [-0.25, -0.2) is 4.40 Å². The molecular formula is C3H7NO8S3. The summed E-state index contributed by atoms with van der Waals surface area (Å²) in [6.45, 7) is 0. The van der Waals surface area contributed by atoms with Crippen LogP contribution in [0.25, 0.3) is 0 Å². The standard InChI is InChI=1S/C3H5NS.H2O8S2/c1-2-4-5-3-1;1-9(2,3)7-8-10(4,5)6/h2H,1,3H2;(H,1,2,3)(H,4,5,6). The van der Waals surface area contributed by atoms with Crippen molar-refractivity contribution in [2.75, 3.05) is 5.75 Å². The third-order valence-electron chi connectivity index (χ3n) is 0.687. The molecule has 0 spiro atoms. The molecule has 0 aliphatic carbocycles. The van der Waals surface area contributed by atoms with Crippen molar-refractivity contribution in [3.63, 3.8) is 0 Å². The summed E-state index contributed by atoms with van der Waals surface area (Å²) in [6, 6.07) is 0. The quantitative estimate of drug-likeness (QED) is 0.307. The first-order chi connectivity index (χ1) is 6.71. The van der Waals surface area contributed by atoms with Crippen LogP contribution in [0.1, 0.15) is 6.42 Å². The van der Waals surface area contributed by atoms with Gasteiger partial charge in [0.1, 0.15) is 0 Å². The molecule has 15 heavy (non-hydrogen) atoms. The van der Waals surface area contributed by atoms with Gasteiger partial charge in [0.15, 0.2) is 0 Å². The fourth-order valence-electron chi connectivity index (χ4n) is 0.334. The molecule has 1 aliphatic rings. The Kier molecular flexibility index (Phi) is 6.26. The van der Waals surface area contributed by atoms with Gasteiger partial charge in [-0.1, -0.05) is 8.67 Å². The zero-order chi connectivity index (χ0) is 11.9. The average molecular weight is 281 g/mol. The molecule has 0 radical (unpaired) electrons. The molecule has 1 aliphatic heterocycles. The number of rotatable bonds is 3. The number of hydrogen-bond donors (Lipinski definition) is 2. The molecule has 0 atom stereocenters. The van der Waals surface area contributed by atoms with Gasteiger partial charge in [0, 0.05) is 12.0 Å². The van der Waals surface area contributed by atoms with Gasteiger partial charge in [-0.3, -0.25) is 9.11 Å². The van der Waals surface area contributed by atoms with Crippen LogP contribution in [-0.4, -0.2) is 37.9 Å². The third-order valence-corrected chi connectivity index (χ3v) is 1.97. The van der Waals surface area contributed by atoms with Gasteiger partial charge in [0.05, 0.1) is 0 Å². The summed E-state index contributed by atoms with van der Waals surface area (Å²) in [7, 11) is -10.0. The fourth-order valence-corrected chi connectivity index (χ4v) is 1.42. The SMILES string of the molecule is C1=NSCC1.O=S(=O)(O)OOS(=O)(=O)O. The lowest BCUT2D eigenvalue weighted by Crippen LogP contribution is -2.10. The minimum atomic E-state index is -5.02. The van der Waals surface area contributed by atoms with E-state index in [-0.39, 0.29) is 0 Å². The molecule has 0 aromatic rings. The van der Waals surface area contributed by atoms with E-state index in [9.17, 15) is 16.8 Å². The smallest absolute Gasteiger partial charge is 0.262 e. The Hall–Kier alpha value is -0.240. The van der Waals surface area contributed by atoms with E-state index >= 15 is 0 Å². The number of hydrogen-bond acceptors (Lipinski definition) is 8. The first-order valence-corrected chi connectivity index (χ1v) is 6.84. The van der Waals surface area contributed by atoms with Crippen LogP contribution >= 0.6 is 11.9 Å². The van der Waals surface area contributed by atoms with Gasteiger partial charge in [-0.05, 0) is 18.4 Å². The van der Waals surface area contributed by atoms with E-state index in [0.29, 0.717) is 0 Å². The molecule has 1 rings (SSSR count). The molecule has 0 fully saturated rings. The van der Waals surface area contributed by atoms with Crippen molar-refractivity contribution >= 4 is 39.0 Å². The monoisotopic (exact) mass is 281 g/mol. The van der Waals surface area contributed by atoms with Crippen LogP contribution in [0.15, 0.2) is 4.40 Å². The molecule has 90 valence electrons. The zero-order valence-corrected chi connectivity index (χ0v) is 9.46. The van der Waals surface area contributed by atoms with E-state index in [1.54, 1.807) is 11.9 Å². The van der Waals surface area contributed by atoms with E-state index in [1.807, 2.05) is 6.21 Å². The van der Waals surface area contributed by atoms with Crippen LogP contribution in [0.2, 0.25) is 0 Å². The first kappa shape index (κ1) is 14.8. The summed E-state index contributed by atoms with van der Waals surface area (Å²) >= 11 is 1.64. The summed E-state index contributed by atoms with van der Waals surface area (Å²) < 4.78 is 62.7. The molecule has 1 heterocycles. The van der Waals surface area contributed by atoms with Gasteiger partial charge >= 0.3 is 20.8 Å². The molecule has 0 bridgehead atoms. The topological polar surface area (TPSA) is 140 Å². The van der Waals surface area contributed by atoms with Crippen molar-refractivity contribution in [1.29, 1.82) is 0 Å². The van der Waals surface area contributed by atoms with Crippen LogP contribution in [0.5, 0.6) is 0 Å². The van der Waals surface area contributed by atoms with Crippen molar-refractivity contribution in [3.8, 4) is 0 Å². The summed E-state index contributed by atoms with van der Waals surface area (Å²) in [5.74, 6) is 1.19. The second-order valence-electron chi connectivity index (χ2n) is 1.90. The Morgan fingerprint density at radius 1 is 1.13 bits per heavy atom. The van der Waals surface area contributed by atoms with Crippen LogP contribution in [0, 0.1) is 0 Å². The van der Waals surface area contributed by atoms with Crippen molar-refractivity contribution in [2.24, 2.45) is 4.40 Å². The summed E-state index contributed by atoms with van der Waals surface area (Å²) in [4.78, 5) is 0. The Morgan fingerprint density at radius 2 is 1.60 bits per heavy atom. The average Bonchev–Trinajstić information content (AvgIpc) is 2.54. The Morgan fingerprint density at radius 3 is 1.73 bits per heavy atom. The highest BCUT2D eigenvalue weighted by Crippen LogP contribution is 2.07. The van der Waals surface area contributed by atoms with Crippen LogP contribution < -0.4 is 0 Å². The van der Waals surface area contributed by atoms with Crippen molar-refractivity contribution < 1.29 is 34.6 Å². The summed E-state index contributed by atoms with van der Waals surface area (Å²) in [6.07, 6.45) is 3.12. The highest BCUT2D eigenvalue weighted by molar-refractivity contribution is 7.98. The van der Waals surface area contributed by atoms with Crippen molar-refractivity contribution in [2.45, 2.75) is 6.42 Å². The highest BCUT2D eigenvalue weighted by atomic mass is 32.3. The Bertz CT molecular complexity index is 357. The maximum atomic E-state index is 9.51. The lowest BCUT2D eigenvalue weighted by atomic mass is 10.6.